The van der Waals surface area contributed by atoms with Crippen molar-refractivity contribution < 1.29 is 14.1 Å². The Morgan fingerprint density at radius 1 is 1.50 bits per heavy atom. The monoisotopic (exact) mass is 199 g/mol. The average Bonchev–Trinajstić information content (AvgIpc) is 2.07. The molecule has 74 valence electrons. The fraction of sp³-hybridized carbons (Fsp3) is 0. The highest BCUT2D eigenvalue weighted by atomic mass is 19.1. The van der Waals surface area contributed by atoms with Crippen LogP contribution in [0.5, 0.6) is 0 Å². The summed E-state index contributed by atoms with van der Waals surface area (Å²) >= 11 is 0. The first-order valence-corrected chi connectivity index (χ1v) is 3.46. The van der Waals surface area contributed by atoms with Crippen molar-refractivity contribution in [2.75, 3.05) is 5.73 Å². The van der Waals surface area contributed by atoms with E-state index in [1.807, 2.05) is 0 Å². The number of carbonyl (C=O) groups is 1. The molecule has 0 radical (unpaired) electrons. The maximum Gasteiger partial charge on any atom is 0.306 e. The van der Waals surface area contributed by atoms with Crippen molar-refractivity contribution in [1.82, 2.24) is 0 Å². The van der Waals surface area contributed by atoms with Crippen LogP contribution in [0, 0.1) is 15.9 Å². The predicted molar refractivity (Wildman–Crippen MR) is 46.0 cm³/mol. The summed E-state index contributed by atoms with van der Waals surface area (Å²) in [6.45, 7) is 0. The fourth-order valence-corrected chi connectivity index (χ4v) is 0.931. The number of nitro benzene ring substituents is 1. The lowest BCUT2D eigenvalue weighted by atomic mass is 10.1. The Balaban J connectivity index is 3.38. The van der Waals surface area contributed by atoms with Gasteiger partial charge >= 0.3 is 5.69 Å². The van der Waals surface area contributed by atoms with Crippen LogP contribution < -0.4 is 11.5 Å². The number of nitrogens with zero attached hydrogens (tertiary/aromatic N) is 1. The second-order valence-corrected chi connectivity index (χ2v) is 2.51. The molecule has 0 saturated heterocycles. The van der Waals surface area contributed by atoms with E-state index >= 15 is 0 Å². The third kappa shape index (κ3) is 1.60. The normalized spacial score (nSPS) is 9.79. The van der Waals surface area contributed by atoms with Crippen LogP contribution in [0.15, 0.2) is 12.1 Å². The Morgan fingerprint density at radius 3 is 2.50 bits per heavy atom. The molecule has 0 fully saturated rings. The lowest BCUT2D eigenvalue weighted by molar-refractivity contribution is -0.387. The van der Waals surface area contributed by atoms with Gasteiger partial charge in [-0.15, -0.1) is 0 Å². The van der Waals surface area contributed by atoms with Gasteiger partial charge in [0.2, 0.25) is 5.82 Å². The number of hydrogen-bond donors (Lipinski definition) is 2. The second kappa shape index (κ2) is 3.29. The largest absolute Gasteiger partial charge is 0.398 e. The number of carbonyl (C=O) groups excluding carboxylic acids is 1. The summed E-state index contributed by atoms with van der Waals surface area (Å²) in [6.07, 6.45) is 0. The SMILES string of the molecule is NC(=O)c1cc(F)c([N+](=O)[O-])cc1N. The van der Waals surface area contributed by atoms with Gasteiger partial charge in [-0.3, -0.25) is 14.9 Å². The van der Waals surface area contributed by atoms with Crippen LogP contribution in [0.1, 0.15) is 10.4 Å². The van der Waals surface area contributed by atoms with Crippen molar-refractivity contribution in [2.45, 2.75) is 0 Å². The van der Waals surface area contributed by atoms with Crippen molar-refractivity contribution in [1.29, 1.82) is 0 Å². The highest BCUT2D eigenvalue weighted by Crippen LogP contribution is 2.23. The molecule has 6 nitrogen and oxygen atoms in total. The fourth-order valence-electron chi connectivity index (χ4n) is 0.931. The van der Waals surface area contributed by atoms with E-state index in [0.717, 1.165) is 6.07 Å². The maximum absolute atomic E-state index is 12.9. The summed E-state index contributed by atoms with van der Waals surface area (Å²) in [5, 5.41) is 10.2. The number of benzene rings is 1. The molecule has 7 heteroatoms. The number of nitrogen functional groups attached to an aromatic ring is 1. The zero-order valence-corrected chi connectivity index (χ0v) is 6.86. The molecular weight excluding hydrogens is 193 g/mol. The molecule has 0 aliphatic carbocycles. The summed E-state index contributed by atoms with van der Waals surface area (Å²) in [5.41, 5.74) is 8.84. The van der Waals surface area contributed by atoms with E-state index in [1.165, 1.54) is 0 Å². The number of primary amides is 1. The molecular formula is C7H6FN3O3. The number of nitrogens with two attached hydrogens (primary N) is 2. The van der Waals surface area contributed by atoms with Gasteiger partial charge in [0.15, 0.2) is 0 Å². The van der Waals surface area contributed by atoms with E-state index in [4.69, 9.17) is 11.5 Å². The first kappa shape index (κ1) is 9.90. The third-order valence-electron chi connectivity index (χ3n) is 1.58. The minimum Gasteiger partial charge on any atom is -0.398 e. The molecule has 0 unspecified atom stereocenters. The number of halogens is 1. The Hall–Kier alpha value is -2.18. The number of rotatable bonds is 2. The molecule has 0 heterocycles. The van der Waals surface area contributed by atoms with Crippen LogP contribution in [-0.2, 0) is 0 Å². The Bertz CT molecular complexity index is 379. The van der Waals surface area contributed by atoms with Crippen molar-refractivity contribution in [2.24, 2.45) is 5.73 Å². The minimum absolute atomic E-state index is 0.217. The van der Waals surface area contributed by atoms with E-state index < -0.39 is 22.3 Å². The van der Waals surface area contributed by atoms with Crippen molar-refractivity contribution >= 4 is 17.3 Å². The molecule has 0 atom stereocenters. The second-order valence-electron chi connectivity index (χ2n) is 2.51. The summed E-state index contributed by atoms with van der Waals surface area (Å²) in [6, 6.07) is 1.41. The predicted octanol–water partition coefficient (Wildman–Crippen LogP) is 0.415. The van der Waals surface area contributed by atoms with Crippen LogP contribution >= 0.6 is 0 Å². The number of anilines is 1. The van der Waals surface area contributed by atoms with Gasteiger partial charge in [-0.2, -0.15) is 4.39 Å². The molecule has 0 spiro atoms. The van der Waals surface area contributed by atoms with E-state index in [1.54, 1.807) is 0 Å². The van der Waals surface area contributed by atoms with Gasteiger partial charge in [0.1, 0.15) is 0 Å². The van der Waals surface area contributed by atoms with E-state index in [-0.39, 0.29) is 11.3 Å². The Morgan fingerprint density at radius 2 is 2.07 bits per heavy atom. The molecule has 1 aromatic rings. The van der Waals surface area contributed by atoms with Crippen molar-refractivity contribution in [3.8, 4) is 0 Å². The van der Waals surface area contributed by atoms with Gasteiger partial charge in [0.05, 0.1) is 16.2 Å². The van der Waals surface area contributed by atoms with E-state index in [9.17, 15) is 19.3 Å². The van der Waals surface area contributed by atoms with Crippen LogP contribution in [-0.4, -0.2) is 10.8 Å². The smallest absolute Gasteiger partial charge is 0.306 e. The van der Waals surface area contributed by atoms with Gasteiger partial charge in [-0.05, 0) is 6.07 Å². The van der Waals surface area contributed by atoms with Crippen molar-refractivity contribution in [3.05, 3.63) is 33.6 Å². The number of hydrogen-bond acceptors (Lipinski definition) is 4. The zero-order chi connectivity index (χ0) is 10.9. The first-order valence-electron chi connectivity index (χ1n) is 3.46. The molecule has 1 aromatic carbocycles. The van der Waals surface area contributed by atoms with Crippen LogP contribution in [0.2, 0.25) is 0 Å². The minimum atomic E-state index is -1.14. The summed E-state index contributed by atoms with van der Waals surface area (Å²) < 4.78 is 12.9. The highest BCUT2D eigenvalue weighted by Gasteiger charge is 2.18. The number of nitro groups is 1. The van der Waals surface area contributed by atoms with E-state index in [2.05, 4.69) is 0 Å². The maximum atomic E-state index is 12.9. The van der Waals surface area contributed by atoms with Crippen LogP contribution in [0.3, 0.4) is 0 Å². The van der Waals surface area contributed by atoms with Gasteiger partial charge in [0.25, 0.3) is 5.91 Å². The third-order valence-corrected chi connectivity index (χ3v) is 1.58. The molecule has 4 N–H and O–H groups in total. The Labute approximate surface area is 77.5 Å². The molecule has 0 bridgehead atoms. The summed E-state index contributed by atoms with van der Waals surface area (Å²) in [5.74, 6) is -2.07. The quantitative estimate of drug-likeness (QED) is 0.408. The lowest BCUT2D eigenvalue weighted by Gasteiger charge is -2.01. The molecule has 0 aliphatic rings. The van der Waals surface area contributed by atoms with Gasteiger partial charge < -0.3 is 11.5 Å². The number of amides is 1. The van der Waals surface area contributed by atoms with Gasteiger partial charge in [0, 0.05) is 6.07 Å². The zero-order valence-electron chi connectivity index (χ0n) is 6.86. The standard InChI is InChI=1S/C7H6FN3O3/c8-4-1-3(7(10)12)5(9)2-6(4)11(13)14/h1-2H,9H2,(H2,10,12). The first-order chi connectivity index (χ1) is 6.43. The molecule has 0 aromatic heterocycles. The molecule has 0 aliphatic heterocycles. The molecule has 1 amide bonds. The average molecular weight is 199 g/mol. The molecule has 1 rings (SSSR count). The molecule has 14 heavy (non-hydrogen) atoms. The lowest BCUT2D eigenvalue weighted by Crippen LogP contribution is -2.14. The van der Waals surface area contributed by atoms with E-state index in [0.29, 0.717) is 6.07 Å². The van der Waals surface area contributed by atoms with Gasteiger partial charge in [-0.25, -0.2) is 0 Å². The summed E-state index contributed by atoms with van der Waals surface area (Å²) in [7, 11) is 0. The summed E-state index contributed by atoms with van der Waals surface area (Å²) in [4.78, 5) is 20.0. The van der Waals surface area contributed by atoms with Crippen LogP contribution in [0.25, 0.3) is 0 Å². The van der Waals surface area contributed by atoms with Crippen LogP contribution in [0.4, 0.5) is 15.8 Å². The van der Waals surface area contributed by atoms with Crippen molar-refractivity contribution in [3.63, 3.8) is 0 Å². The molecule has 0 saturated carbocycles. The highest BCUT2D eigenvalue weighted by molar-refractivity contribution is 5.98. The Kier molecular flexibility index (Phi) is 2.32. The topological polar surface area (TPSA) is 112 Å². The van der Waals surface area contributed by atoms with Gasteiger partial charge in [-0.1, -0.05) is 0 Å².